The highest BCUT2D eigenvalue weighted by Crippen LogP contribution is 2.29. The second kappa shape index (κ2) is 13.2. The average molecular weight is 529 g/mol. The maximum atomic E-state index is 12.9. The smallest absolute Gasteiger partial charge is 0.264 e. The molecule has 0 radical (unpaired) electrons. The molecule has 0 fully saturated rings. The summed E-state index contributed by atoms with van der Waals surface area (Å²) in [5.74, 6) is 0.127. The Balaban J connectivity index is 0.000000658. The van der Waals surface area contributed by atoms with E-state index in [0.29, 0.717) is 18.2 Å². The molecule has 0 amide bonds. The number of halogens is 1. The fourth-order valence-electron chi connectivity index (χ4n) is 3.55. The van der Waals surface area contributed by atoms with E-state index in [1.54, 1.807) is 12.1 Å². The van der Waals surface area contributed by atoms with Crippen LogP contribution in [0, 0.1) is 0 Å². The molecule has 0 spiro atoms. The van der Waals surface area contributed by atoms with Crippen LogP contribution < -0.4 is 4.72 Å². The van der Waals surface area contributed by atoms with Gasteiger partial charge in [-0.05, 0) is 35.4 Å². The van der Waals surface area contributed by atoms with Crippen LogP contribution in [0.4, 0.5) is 0 Å². The van der Waals surface area contributed by atoms with Gasteiger partial charge in [-0.25, -0.2) is 18.1 Å². The molecule has 1 atom stereocenters. The lowest BCUT2D eigenvalue weighted by Gasteiger charge is -2.19. The molecule has 1 unspecified atom stereocenters. The van der Waals surface area contributed by atoms with Gasteiger partial charge in [0.2, 0.25) is 5.96 Å². The molecule has 0 saturated heterocycles. The van der Waals surface area contributed by atoms with Crippen LogP contribution in [0.15, 0.2) is 99.9 Å². The third-order valence-corrected chi connectivity index (χ3v) is 6.88. The van der Waals surface area contributed by atoms with Gasteiger partial charge in [-0.3, -0.25) is 4.99 Å². The Kier molecular flexibility index (Phi) is 10.0. The van der Waals surface area contributed by atoms with E-state index in [1.165, 1.54) is 31.3 Å². The minimum absolute atomic E-state index is 0.0274. The van der Waals surface area contributed by atoms with Gasteiger partial charge in [0.25, 0.3) is 10.0 Å². The van der Waals surface area contributed by atoms with Crippen LogP contribution in [0.5, 0.6) is 0 Å². The van der Waals surface area contributed by atoms with Crippen molar-refractivity contribution in [2.45, 2.75) is 10.8 Å². The summed E-state index contributed by atoms with van der Waals surface area (Å²) in [6, 6.07) is 25.9. The number of nitrogens with zero attached hydrogens (tertiary/aromatic N) is 3. The van der Waals surface area contributed by atoms with Crippen LogP contribution in [-0.4, -0.2) is 64.1 Å². The molecule has 190 valence electrons. The second-order valence-electron chi connectivity index (χ2n) is 7.72. The molecule has 0 bridgehead atoms. The van der Waals surface area contributed by atoms with E-state index in [0.717, 1.165) is 16.8 Å². The molecule has 4 rings (SSSR count). The molecule has 1 aliphatic rings. The third-order valence-electron chi connectivity index (χ3n) is 5.29. The summed E-state index contributed by atoms with van der Waals surface area (Å²) in [6.45, 7) is 1.03. The molecular formula is C26H29ClN4O4S. The molecule has 0 aromatic heterocycles. The van der Waals surface area contributed by atoms with Crippen molar-refractivity contribution in [2.24, 2.45) is 10.1 Å². The van der Waals surface area contributed by atoms with Crippen molar-refractivity contribution >= 4 is 33.3 Å². The first-order chi connectivity index (χ1) is 17.4. The number of sulfonamides is 1. The van der Waals surface area contributed by atoms with Crippen molar-refractivity contribution in [3.63, 3.8) is 0 Å². The Bertz CT molecular complexity index is 1270. The largest absolute Gasteiger partial charge is 0.394 e. The van der Waals surface area contributed by atoms with Gasteiger partial charge in [-0.1, -0.05) is 72.3 Å². The molecule has 0 aliphatic carbocycles. The number of ether oxygens (including phenoxy) is 1. The topological polar surface area (TPSA) is 104 Å². The average Bonchev–Trinajstić information content (AvgIpc) is 3.35. The number of aliphatic hydroxyl groups excluding tert-OH is 1. The first-order valence-corrected chi connectivity index (χ1v) is 13.1. The Morgan fingerprint density at radius 3 is 2.22 bits per heavy atom. The van der Waals surface area contributed by atoms with Crippen molar-refractivity contribution in [1.29, 1.82) is 0 Å². The van der Waals surface area contributed by atoms with Gasteiger partial charge in [0.05, 0.1) is 30.4 Å². The van der Waals surface area contributed by atoms with Crippen LogP contribution >= 0.6 is 11.6 Å². The molecular weight excluding hydrogens is 500 g/mol. The van der Waals surface area contributed by atoms with Gasteiger partial charge in [-0.15, -0.1) is 0 Å². The first-order valence-electron chi connectivity index (χ1n) is 11.2. The zero-order chi connectivity index (χ0) is 26.0. The summed E-state index contributed by atoms with van der Waals surface area (Å²) in [5.41, 5.74) is 2.94. The van der Waals surface area contributed by atoms with Gasteiger partial charge in [-0.2, -0.15) is 5.10 Å². The highest BCUT2D eigenvalue weighted by atomic mass is 35.5. The highest BCUT2D eigenvalue weighted by molar-refractivity contribution is 7.90. The first kappa shape index (κ1) is 27.3. The molecule has 10 heteroatoms. The number of guanidine groups is 1. The Hall–Kier alpha value is -3.24. The SMILES string of the molecule is CN=C(NS(=O)(=O)c1ccc(Cl)cc1)N1CC(c2ccccc2)C(c2ccccc2)=N1.COCCO. The number of nitrogens with one attached hydrogen (secondary N) is 1. The van der Waals surface area contributed by atoms with Crippen molar-refractivity contribution in [1.82, 2.24) is 9.73 Å². The quantitative estimate of drug-likeness (QED) is 0.375. The van der Waals surface area contributed by atoms with Crippen LogP contribution in [0.2, 0.25) is 5.02 Å². The van der Waals surface area contributed by atoms with Crippen molar-refractivity contribution in [2.75, 3.05) is 33.9 Å². The summed E-state index contributed by atoms with van der Waals surface area (Å²) < 4.78 is 32.7. The number of rotatable bonds is 6. The number of benzene rings is 3. The van der Waals surface area contributed by atoms with Crippen LogP contribution in [0.1, 0.15) is 17.0 Å². The molecule has 1 heterocycles. The summed E-state index contributed by atoms with van der Waals surface area (Å²) in [5, 5.41) is 14.8. The number of hydrogen-bond acceptors (Lipinski definition) is 6. The predicted molar refractivity (Wildman–Crippen MR) is 143 cm³/mol. The third kappa shape index (κ3) is 7.14. The second-order valence-corrected chi connectivity index (χ2v) is 9.84. The standard InChI is InChI=1S/C23H21ClN4O2S.C3H8O2/c1-25-23(27-31(29,30)20-14-12-19(24)13-15-20)28-16-21(17-8-4-2-5-9-17)22(26-28)18-10-6-3-7-11-18;1-5-3-2-4/h2-15,21H,16H2,1H3,(H,25,27);4H,2-3H2,1H3. The van der Waals surface area contributed by atoms with Crippen LogP contribution in [0.3, 0.4) is 0 Å². The van der Waals surface area contributed by atoms with Crippen LogP contribution in [0.25, 0.3) is 0 Å². The summed E-state index contributed by atoms with van der Waals surface area (Å²) in [7, 11) is -0.754. The number of aliphatic hydroxyl groups is 1. The van der Waals surface area contributed by atoms with Gasteiger partial charge < -0.3 is 9.84 Å². The van der Waals surface area contributed by atoms with E-state index in [9.17, 15) is 8.42 Å². The number of hydrazone groups is 1. The summed E-state index contributed by atoms with van der Waals surface area (Å²) in [6.07, 6.45) is 0. The van der Waals surface area contributed by atoms with E-state index in [2.05, 4.69) is 14.5 Å². The van der Waals surface area contributed by atoms with Gasteiger partial charge in [0.15, 0.2) is 0 Å². The summed E-state index contributed by atoms with van der Waals surface area (Å²) in [4.78, 5) is 4.27. The zero-order valence-corrected chi connectivity index (χ0v) is 21.7. The van der Waals surface area contributed by atoms with E-state index >= 15 is 0 Å². The van der Waals surface area contributed by atoms with Gasteiger partial charge in [0.1, 0.15) is 0 Å². The maximum Gasteiger partial charge on any atom is 0.264 e. The monoisotopic (exact) mass is 528 g/mol. The molecule has 36 heavy (non-hydrogen) atoms. The molecule has 3 aromatic rings. The van der Waals surface area contributed by atoms with Crippen molar-refractivity contribution in [3.05, 3.63) is 101 Å². The molecule has 1 aliphatic heterocycles. The van der Waals surface area contributed by atoms with Crippen LogP contribution in [-0.2, 0) is 14.8 Å². The maximum absolute atomic E-state index is 12.9. The lowest BCUT2D eigenvalue weighted by Crippen LogP contribution is -2.41. The van der Waals surface area contributed by atoms with Gasteiger partial charge >= 0.3 is 0 Å². The van der Waals surface area contributed by atoms with E-state index in [1.807, 2.05) is 60.7 Å². The fourth-order valence-corrected chi connectivity index (χ4v) is 4.72. The number of aliphatic imine (C=N–C) groups is 1. The minimum Gasteiger partial charge on any atom is -0.394 e. The van der Waals surface area contributed by atoms with Crippen molar-refractivity contribution in [3.8, 4) is 0 Å². The fraction of sp³-hybridized carbons (Fsp3) is 0.231. The Morgan fingerprint density at radius 2 is 1.69 bits per heavy atom. The highest BCUT2D eigenvalue weighted by Gasteiger charge is 2.32. The number of methoxy groups -OCH3 is 1. The van der Waals surface area contributed by atoms with E-state index in [4.69, 9.17) is 21.8 Å². The van der Waals surface area contributed by atoms with Crippen molar-refractivity contribution < 1.29 is 18.3 Å². The summed E-state index contributed by atoms with van der Waals surface area (Å²) >= 11 is 5.88. The minimum atomic E-state index is -3.84. The molecule has 0 saturated carbocycles. The molecule has 3 aromatic carbocycles. The lowest BCUT2D eigenvalue weighted by molar-refractivity contribution is 0.135. The van der Waals surface area contributed by atoms with E-state index in [-0.39, 0.29) is 23.4 Å². The zero-order valence-electron chi connectivity index (χ0n) is 20.1. The normalized spacial score (nSPS) is 15.7. The Labute approximate surface area is 217 Å². The Morgan fingerprint density at radius 1 is 1.08 bits per heavy atom. The number of hydrogen-bond donors (Lipinski definition) is 2. The predicted octanol–water partition coefficient (Wildman–Crippen LogP) is 3.73. The lowest BCUT2D eigenvalue weighted by atomic mass is 9.91. The van der Waals surface area contributed by atoms with E-state index < -0.39 is 10.0 Å². The van der Waals surface area contributed by atoms with Gasteiger partial charge in [0, 0.05) is 25.1 Å². The molecule has 2 N–H and O–H groups in total. The molecule has 8 nitrogen and oxygen atoms in total.